The van der Waals surface area contributed by atoms with Gasteiger partial charge in [0.2, 0.25) is 0 Å². The molecule has 1 N–H and O–H groups in total. The lowest BCUT2D eigenvalue weighted by Crippen LogP contribution is -2.40. The Morgan fingerprint density at radius 1 is 1.06 bits per heavy atom. The van der Waals surface area contributed by atoms with E-state index >= 15 is 0 Å². The number of fused-ring (bicyclic) bond motifs is 1. The number of amides is 1. The largest absolute Gasteiger partial charge is 0.322 e. The molecule has 1 atom stereocenters. The standard InChI is InChI=1S/C27H18Cl2FN3O2S/c1-15-22(25(34)32-19-7-3-2-4-8-19)24(16-10-12-18(30)13-11-16)33-26(35)21(36-27(33)31-15)14-17-6-5-9-20(28)23(17)29/h2-14,24H,1H3,(H,32,34)/b21-14+/t24-/m0/s1. The summed E-state index contributed by atoms with van der Waals surface area (Å²) in [5.41, 5.74) is 2.19. The van der Waals surface area contributed by atoms with E-state index in [1.165, 1.54) is 28.0 Å². The molecule has 180 valence electrons. The van der Waals surface area contributed by atoms with Gasteiger partial charge in [-0.05, 0) is 54.5 Å². The summed E-state index contributed by atoms with van der Waals surface area (Å²) in [6, 6.07) is 19.1. The van der Waals surface area contributed by atoms with Gasteiger partial charge < -0.3 is 5.32 Å². The molecule has 9 heteroatoms. The number of hydrogen-bond donors (Lipinski definition) is 1. The molecule has 1 aliphatic heterocycles. The first kappa shape index (κ1) is 24.2. The van der Waals surface area contributed by atoms with Gasteiger partial charge in [0, 0.05) is 5.69 Å². The van der Waals surface area contributed by atoms with E-state index < -0.39 is 17.8 Å². The molecule has 0 bridgehead atoms. The second-order valence-electron chi connectivity index (χ2n) is 8.10. The van der Waals surface area contributed by atoms with Crippen molar-refractivity contribution < 1.29 is 9.18 Å². The summed E-state index contributed by atoms with van der Waals surface area (Å²) in [7, 11) is 0. The van der Waals surface area contributed by atoms with Crippen LogP contribution in [0, 0.1) is 5.82 Å². The Bertz CT molecular complexity index is 1690. The zero-order valence-corrected chi connectivity index (χ0v) is 21.2. The summed E-state index contributed by atoms with van der Waals surface area (Å²) in [4.78, 5) is 32.2. The number of carbonyl (C=O) groups excluding carboxylic acids is 1. The van der Waals surface area contributed by atoms with Crippen LogP contribution in [0.4, 0.5) is 10.1 Å². The first-order chi connectivity index (χ1) is 17.3. The van der Waals surface area contributed by atoms with Crippen LogP contribution in [-0.2, 0) is 4.79 Å². The second-order valence-corrected chi connectivity index (χ2v) is 9.89. The Morgan fingerprint density at radius 2 is 1.78 bits per heavy atom. The Labute approximate surface area is 219 Å². The smallest absolute Gasteiger partial charge is 0.271 e. The van der Waals surface area contributed by atoms with Gasteiger partial charge in [-0.2, -0.15) is 0 Å². The molecule has 0 radical (unpaired) electrons. The van der Waals surface area contributed by atoms with Gasteiger partial charge in [-0.25, -0.2) is 9.38 Å². The van der Waals surface area contributed by atoms with Crippen LogP contribution in [0.25, 0.3) is 6.08 Å². The molecular weight excluding hydrogens is 520 g/mol. The van der Waals surface area contributed by atoms with E-state index in [2.05, 4.69) is 10.3 Å². The fourth-order valence-electron chi connectivity index (χ4n) is 4.07. The summed E-state index contributed by atoms with van der Waals surface area (Å²) < 4.78 is 15.6. The Kier molecular flexibility index (Phi) is 6.62. The number of thiazole rings is 1. The average molecular weight is 538 g/mol. The van der Waals surface area contributed by atoms with Crippen molar-refractivity contribution in [1.82, 2.24) is 4.57 Å². The van der Waals surface area contributed by atoms with Crippen LogP contribution in [0.5, 0.6) is 0 Å². The summed E-state index contributed by atoms with van der Waals surface area (Å²) in [5, 5.41) is 3.59. The number of hydrogen-bond acceptors (Lipinski definition) is 4. The number of benzene rings is 3. The molecule has 0 saturated carbocycles. The number of nitrogens with zero attached hydrogens (tertiary/aromatic N) is 2. The topological polar surface area (TPSA) is 63.5 Å². The Hall–Kier alpha value is -3.52. The highest BCUT2D eigenvalue weighted by atomic mass is 35.5. The SMILES string of the molecule is CC1=C(C(=O)Nc2ccccc2)[C@H](c2ccc(F)cc2)n2c(s/c(=C/c3cccc(Cl)c3Cl)c2=O)=N1. The molecule has 4 aromatic rings. The van der Waals surface area contributed by atoms with Gasteiger partial charge in [0.05, 0.1) is 31.9 Å². The molecule has 5 nitrogen and oxygen atoms in total. The molecule has 0 aliphatic carbocycles. The number of halogens is 3. The van der Waals surface area contributed by atoms with Crippen molar-refractivity contribution in [3.63, 3.8) is 0 Å². The van der Waals surface area contributed by atoms with Crippen molar-refractivity contribution in [2.24, 2.45) is 4.99 Å². The molecule has 3 aromatic carbocycles. The first-order valence-corrected chi connectivity index (χ1v) is 12.5. The predicted molar refractivity (Wildman–Crippen MR) is 142 cm³/mol. The van der Waals surface area contributed by atoms with E-state index in [9.17, 15) is 14.0 Å². The van der Waals surface area contributed by atoms with E-state index in [-0.39, 0.29) is 5.56 Å². The summed E-state index contributed by atoms with van der Waals surface area (Å²) >= 11 is 13.7. The lowest BCUT2D eigenvalue weighted by atomic mass is 9.95. The third kappa shape index (κ3) is 4.53. The molecule has 0 fully saturated rings. The molecule has 0 saturated heterocycles. The maximum atomic E-state index is 13.8. The van der Waals surface area contributed by atoms with Crippen molar-refractivity contribution in [1.29, 1.82) is 0 Å². The molecule has 1 amide bonds. The van der Waals surface area contributed by atoms with E-state index in [0.29, 0.717) is 47.5 Å². The predicted octanol–water partition coefficient (Wildman–Crippen LogP) is 5.32. The third-order valence-corrected chi connectivity index (χ3v) is 7.57. The first-order valence-electron chi connectivity index (χ1n) is 10.9. The fraction of sp³-hybridized carbons (Fsp3) is 0.0741. The van der Waals surface area contributed by atoms with Gasteiger partial charge in [-0.1, -0.05) is 77.0 Å². The quantitative estimate of drug-likeness (QED) is 0.383. The summed E-state index contributed by atoms with van der Waals surface area (Å²) in [6.45, 7) is 1.72. The molecule has 0 unspecified atom stereocenters. The van der Waals surface area contributed by atoms with Crippen LogP contribution in [-0.4, -0.2) is 10.5 Å². The van der Waals surface area contributed by atoms with Crippen LogP contribution in [0.3, 0.4) is 0 Å². The third-order valence-electron chi connectivity index (χ3n) is 5.75. The molecule has 5 rings (SSSR count). The second kappa shape index (κ2) is 9.85. The molecule has 1 aromatic heterocycles. The number of para-hydroxylation sites is 1. The molecule has 2 heterocycles. The maximum absolute atomic E-state index is 13.8. The van der Waals surface area contributed by atoms with Gasteiger partial charge in [-0.3, -0.25) is 14.2 Å². The molecule has 36 heavy (non-hydrogen) atoms. The van der Waals surface area contributed by atoms with Crippen LogP contribution in [0.15, 0.2) is 93.9 Å². The van der Waals surface area contributed by atoms with E-state index in [1.54, 1.807) is 55.5 Å². The lowest BCUT2D eigenvalue weighted by molar-refractivity contribution is -0.113. The maximum Gasteiger partial charge on any atom is 0.271 e. The van der Waals surface area contributed by atoms with Crippen LogP contribution >= 0.6 is 34.5 Å². The van der Waals surface area contributed by atoms with Crippen LogP contribution in [0.1, 0.15) is 24.1 Å². The number of anilines is 1. The van der Waals surface area contributed by atoms with Crippen molar-refractivity contribution in [2.75, 3.05) is 5.32 Å². The zero-order chi connectivity index (χ0) is 25.4. The number of carbonyl (C=O) groups is 1. The minimum absolute atomic E-state index is 0.296. The average Bonchev–Trinajstić information content (AvgIpc) is 3.16. The highest BCUT2D eigenvalue weighted by molar-refractivity contribution is 7.07. The van der Waals surface area contributed by atoms with Crippen molar-refractivity contribution >= 4 is 52.2 Å². The van der Waals surface area contributed by atoms with Crippen LogP contribution < -0.4 is 20.2 Å². The van der Waals surface area contributed by atoms with Crippen molar-refractivity contribution in [2.45, 2.75) is 13.0 Å². The van der Waals surface area contributed by atoms with Gasteiger partial charge in [-0.15, -0.1) is 0 Å². The number of aromatic nitrogens is 1. The number of nitrogens with one attached hydrogen (secondary N) is 1. The van der Waals surface area contributed by atoms with E-state index in [1.807, 2.05) is 18.2 Å². The lowest BCUT2D eigenvalue weighted by Gasteiger charge is -2.25. The Morgan fingerprint density at radius 3 is 2.50 bits per heavy atom. The van der Waals surface area contributed by atoms with Gasteiger partial charge in [0.15, 0.2) is 4.80 Å². The molecule has 1 aliphatic rings. The fourth-order valence-corrected chi connectivity index (χ4v) is 5.47. The Balaban J connectivity index is 1.69. The number of rotatable bonds is 4. The van der Waals surface area contributed by atoms with Crippen molar-refractivity contribution in [3.8, 4) is 0 Å². The highest BCUT2D eigenvalue weighted by Crippen LogP contribution is 2.31. The monoisotopic (exact) mass is 537 g/mol. The van der Waals surface area contributed by atoms with Crippen molar-refractivity contribution in [3.05, 3.63) is 131 Å². The van der Waals surface area contributed by atoms with Crippen LogP contribution in [0.2, 0.25) is 10.0 Å². The number of allylic oxidation sites excluding steroid dienone is 1. The van der Waals surface area contributed by atoms with Gasteiger partial charge >= 0.3 is 0 Å². The zero-order valence-electron chi connectivity index (χ0n) is 18.8. The van der Waals surface area contributed by atoms with E-state index in [0.717, 1.165) is 0 Å². The summed E-state index contributed by atoms with van der Waals surface area (Å²) in [5.74, 6) is -0.818. The molecular formula is C27H18Cl2FN3O2S. The molecule has 0 spiro atoms. The van der Waals surface area contributed by atoms with Gasteiger partial charge in [0.25, 0.3) is 11.5 Å². The highest BCUT2D eigenvalue weighted by Gasteiger charge is 2.32. The minimum Gasteiger partial charge on any atom is -0.322 e. The summed E-state index contributed by atoms with van der Waals surface area (Å²) in [6.07, 6.45) is 1.66. The van der Waals surface area contributed by atoms with E-state index in [4.69, 9.17) is 23.2 Å². The normalized spacial score (nSPS) is 15.4. The minimum atomic E-state index is -0.803. The van der Waals surface area contributed by atoms with Gasteiger partial charge in [0.1, 0.15) is 5.82 Å².